The van der Waals surface area contributed by atoms with Gasteiger partial charge in [0, 0.05) is 0 Å². The van der Waals surface area contributed by atoms with Crippen LogP contribution in [-0.4, -0.2) is 20.2 Å². The number of benzene rings is 1. The number of carbonyl (C=O) groups excluding carboxylic acids is 1. The van der Waals surface area contributed by atoms with Crippen LogP contribution in [0.15, 0.2) is 24.3 Å². The van der Waals surface area contributed by atoms with Gasteiger partial charge in [-0.3, -0.25) is 4.79 Å². The quantitative estimate of drug-likeness (QED) is 0.716. The highest BCUT2D eigenvalue weighted by Gasteiger charge is 1.95. The first-order chi connectivity index (χ1) is 7.29. The molecule has 0 unspecified atom stereocenters. The highest BCUT2D eigenvalue weighted by Crippen LogP contribution is 2.16. The SMILES string of the molecule is CCOC=O.CCc1ccccc1OC. The second-order valence-corrected chi connectivity index (χ2v) is 2.72. The summed E-state index contributed by atoms with van der Waals surface area (Å²) in [5.74, 6) is 0.991. The summed E-state index contributed by atoms with van der Waals surface area (Å²) >= 11 is 0. The van der Waals surface area contributed by atoms with Gasteiger partial charge in [-0.05, 0) is 25.0 Å². The Labute approximate surface area is 91.0 Å². The lowest BCUT2D eigenvalue weighted by molar-refractivity contribution is -0.128. The molecule has 0 aliphatic carbocycles. The van der Waals surface area contributed by atoms with Gasteiger partial charge in [-0.1, -0.05) is 25.1 Å². The smallest absolute Gasteiger partial charge is 0.293 e. The van der Waals surface area contributed by atoms with Crippen LogP contribution in [0.2, 0.25) is 0 Å². The topological polar surface area (TPSA) is 35.5 Å². The van der Waals surface area contributed by atoms with Gasteiger partial charge in [0.2, 0.25) is 0 Å². The van der Waals surface area contributed by atoms with Gasteiger partial charge in [0.05, 0.1) is 13.7 Å². The van der Waals surface area contributed by atoms with E-state index in [0.717, 1.165) is 12.2 Å². The lowest BCUT2D eigenvalue weighted by Crippen LogP contribution is -1.88. The van der Waals surface area contributed by atoms with Crippen molar-refractivity contribution in [3.05, 3.63) is 29.8 Å². The molecule has 3 nitrogen and oxygen atoms in total. The minimum atomic E-state index is 0.431. The van der Waals surface area contributed by atoms with Crippen LogP contribution in [0.5, 0.6) is 5.75 Å². The van der Waals surface area contributed by atoms with Crippen molar-refractivity contribution < 1.29 is 14.3 Å². The molecule has 0 aliphatic rings. The summed E-state index contributed by atoms with van der Waals surface area (Å²) in [6.45, 7) is 4.79. The van der Waals surface area contributed by atoms with Crippen LogP contribution in [0.1, 0.15) is 19.4 Å². The Morgan fingerprint density at radius 1 is 1.27 bits per heavy atom. The zero-order chi connectivity index (χ0) is 11.5. The Bertz CT molecular complexity index is 248. The molecule has 0 atom stereocenters. The van der Waals surface area contributed by atoms with E-state index >= 15 is 0 Å². The number of hydrogen-bond acceptors (Lipinski definition) is 3. The number of hydrogen-bond donors (Lipinski definition) is 0. The molecule has 1 aromatic rings. The van der Waals surface area contributed by atoms with E-state index in [-0.39, 0.29) is 0 Å². The fourth-order valence-corrected chi connectivity index (χ4v) is 1.06. The Hall–Kier alpha value is -1.51. The molecule has 0 amide bonds. The maximum atomic E-state index is 9.18. The van der Waals surface area contributed by atoms with Gasteiger partial charge in [0.1, 0.15) is 5.75 Å². The predicted octanol–water partition coefficient (Wildman–Crippen LogP) is 2.44. The molecule has 0 saturated carbocycles. The molecular formula is C12H18O3. The van der Waals surface area contributed by atoms with E-state index in [9.17, 15) is 4.79 Å². The van der Waals surface area contributed by atoms with Crippen molar-refractivity contribution in [1.29, 1.82) is 0 Å². The monoisotopic (exact) mass is 210 g/mol. The second kappa shape index (κ2) is 9.06. The molecule has 0 bridgehead atoms. The second-order valence-electron chi connectivity index (χ2n) is 2.72. The van der Waals surface area contributed by atoms with E-state index < -0.39 is 0 Å². The van der Waals surface area contributed by atoms with Crippen molar-refractivity contribution >= 4 is 6.47 Å². The molecular weight excluding hydrogens is 192 g/mol. The summed E-state index contributed by atoms with van der Waals surface area (Å²) in [7, 11) is 1.70. The predicted molar refractivity (Wildman–Crippen MR) is 60.1 cm³/mol. The number of carbonyl (C=O) groups is 1. The highest BCUT2D eigenvalue weighted by atomic mass is 16.5. The molecule has 0 aliphatic heterocycles. The van der Waals surface area contributed by atoms with Crippen molar-refractivity contribution in [3.63, 3.8) is 0 Å². The van der Waals surface area contributed by atoms with Crippen LogP contribution < -0.4 is 4.74 Å². The Morgan fingerprint density at radius 3 is 2.27 bits per heavy atom. The van der Waals surface area contributed by atoms with Crippen LogP contribution in [0.25, 0.3) is 0 Å². The number of rotatable bonds is 4. The minimum absolute atomic E-state index is 0.431. The Morgan fingerprint density at radius 2 is 1.93 bits per heavy atom. The molecule has 0 saturated heterocycles. The Kier molecular flexibility index (Phi) is 8.15. The summed E-state index contributed by atoms with van der Waals surface area (Å²) in [5.41, 5.74) is 1.27. The van der Waals surface area contributed by atoms with Gasteiger partial charge in [0.25, 0.3) is 6.47 Å². The molecule has 1 rings (SSSR count). The lowest BCUT2D eigenvalue weighted by atomic mass is 10.1. The summed E-state index contributed by atoms with van der Waals surface area (Å²) in [4.78, 5) is 9.18. The van der Waals surface area contributed by atoms with Crippen molar-refractivity contribution in [2.75, 3.05) is 13.7 Å². The van der Waals surface area contributed by atoms with Crippen LogP contribution in [-0.2, 0) is 16.0 Å². The number of ether oxygens (including phenoxy) is 2. The highest BCUT2D eigenvalue weighted by molar-refractivity contribution is 5.36. The molecule has 0 N–H and O–H groups in total. The van der Waals surface area contributed by atoms with E-state index in [0.29, 0.717) is 13.1 Å². The van der Waals surface area contributed by atoms with Crippen molar-refractivity contribution in [1.82, 2.24) is 0 Å². The van der Waals surface area contributed by atoms with Crippen LogP contribution >= 0.6 is 0 Å². The standard InChI is InChI=1S/C9H12O.C3H6O2/c1-3-8-6-4-5-7-9(8)10-2;1-2-5-3-4/h4-7H,3H2,1-2H3;3H,2H2,1H3. The Balaban J connectivity index is 0.000000336. The maximum Gasteiger partial charge on any atom is 0.293 e. The third-order valence-corrected chi connectivity index (χ3v) is 1.81. The number of methoxy groups -OCH3 is 1. The molecule has 0 spiro atoms. The van der Waals surface area contributed by atoms with Crippen molar-refractivity contribution in [3.8, 4) is 5.75 Å². The van der Waals surface area contributed by atoms with Crippen molar-refractivity contribution in [2.24, 2.45) is 0 Å². The van der Waals surface area contributed by atoms with Gasteiger partial charge < -0.3 is 9.47 Å². The van der Waals surface area contributed by atoms with Crippen molar-refractivity contribution in [2.45, 2.75) is 20.3 Å². The molecule has 0 heterocycles. The third-order valence-electron chi connectivity index (χ3n) is 1.81. The summed E-state index contributed by atoms with van der Waals surface area (Å²) in [5, 5.41) is 0. The molecule has 3 heteroatoms. The minimum Gasteiger partial charge on any atom is -0.496 e. The van der Waals surface area contributed by atoms with Gasteiger partial charge in [-0.25, -0.2) is 0 Å². The van der Waals surface area contributed by atoms with E-state index in [4.69, 9.17) is 4.74 Å². The van der Waals surface area contributed by atoms with Gasteiger partial charge in [0.15, 0.2) is 0 Å². The van der Waals surface area contributed by atoms with Gasteiger partial charge >= 0.3 is 0 Å². The lowest BCUT2D eigenvalue weighted by Gasteiger charge is -2.03. The first-order valence-corrected chi connectivity index (χ1v) is 4.97. The molecule has 0 fully saturated rings. The average molecular weight is 210 g/mol. The van der Waals surface area contributed by atoms with Crippen LogP contribution in [0.3, 0.4) is 0 Å². The summed E-state index contributed by atoms with van der Waals surface area (Å²) in [6, 6.07) is 8.08. The third kappa shape index (κ3) is 5.73. The normalized spacial score (nSPS) is 8.47. The largest absolute Gasteiger partial charge is 0.496 e. The molecule has 1 aromatic carbocycles. The average Bonchev–Trinajstić information content (AvgIpc) is 2.31. The van der Waals surface area contributed by atoms with E-state index in [1.165, 1.54) is 5.56 Å². The number of aryl methyl sites for hydroxylation is 1. The van der Waals surface area contributed by atoms with Gasteiger partial charge in [-0.2, -0.15) is 0 Å². The zero-order valence-electron chi connectivity index (χ0n) is 9.53. The summed E-state index contributed by atoms with van der Waals surface area (Å²) < 4.78 is 9.29. The first-order valence-electron chi connectivity index (χ1n) is 4.97. The van der Waals surface area contributed by atoms with Gasteiger partial charge in [-0.15, -0.1) is 0 Å². The fourth-order valence-electron chi connectivity index (χ4n) is 1.06. The molecule has 0 aromatic heterocycles. The summed E-state index contributed by atoms with van der Waals surface area (Å²) in [6.07, 6.45) is 1.03. The first kappa shape index (κ1) is 13.5. The van der Waals surface area contributed by atoms with Crippen LogP contribution in [0.4, 0.5) is 0 Å². The fraction of sp³-hybridized carbons (Fsp3) is 0.417. The maximum absolute atomic E-state index is 9.18. The van der Waals surface area contributed by atoms with E-state index in [2.05, 4.69) is 17.7 Å². The zero-order valence-corrected chi connectivity index (χ0v) is 9.53. The van der Waals surface area contributed by atoms with E-state index in [1.807, 2.05) is 18.2 Å². The van der Waals surface area contributed by atoms with Crippen LogP contribution in [0, 0.1) is 0 Å². The molecule has 15 heavy (non-hydrogen) atoms. The number of para-hydroxylation sites is 1. The van der Waals surface area contributed by atoms with E-state index in [1.54, 1.807) is 14.0 Å². The molecule has 0 radical (unpaired) electrons. The molecule has 84 valence electrons.